The van der Waals surface area contributed by atoms with E-state index in [-0.39, 0.29) is 23.1 Å². The molecule has 5 heteroatoms. The quantitative estimate of drug-likeness (QED) is 0.780. The molecule has 2 unspecified atom stereocenters. The number of rotatable bonds is 3. The molecule has 132 valence electrons. The van der Waals surface area contributed by atoms with Crippen LogP contribution >= 0.6 is 0 Å². The average Bonchev–Trinajstić information content (AvgIpc) is 2.60. The topological polar surface area (TPSA) is 35.5 Å². The van der Waals surface area contributed by atoms with Gasteiger partial charge >= 0.3 is 0 Å². The van der Waals surface area contributed by atoms with Gasteiger partial charge in [-0.15, -0.1) is 0 Å². The van der Waals surface area contributed by atoms with E-state index < -0.39 is 23.5 Å². The third-order valence-corrected chi connectivity index (χ3v) is 5.21. The maximum Gasteiger partial charge on any atom is 0.194 e. The molecule has 0 aromatic heterocycles. The van der Waals surface area contributed by atoms with Crippen LogP contribution in [0.15, 0.2) is 12.1 Å². The van der Waals surface area contributed by atoms with Crippen molar-refractivity contribution < 1.29 is 23.0 Å². The summed E-state index contributed by atoms with van der Waals surface area (Å²) in [6.07, 6.45) is 2.99. The first-order valence-corrected chi connectivity index (χ1v) is 8.69. The van der Waals surface area contributed by atoms with Crippen LogP contribution in [-0.4, -0.2) is 31.2 Å². The van der Waals surface area contributed by atoms with Crippen molar-refractivity contribution in [1.82, 2.24) is 0 Å². The van der Waals surface area contributed by atoms with Gasteiger partial charge in [-0.2, -0.15) is 0 Å². The standard InChI is InChI=1S/C19H24F2O3/c1-11-3-7-15(23-9-11)13-5-8-16(24-10-13)19(22)14-6-4-12(2)17(20)18(14)21/h4,6,11,13,15-16H,3,5,7-10H2,1-2H3/t11?,13?,15-,16-/m0/s1. The Morgan fingerprint density at radius 2 is 1.83 bits per heavy atom. The SMILES string of the molecule is Cc1ccc(C(=O)[C@@H]2CCC([C@@H]3CCC(C)CO3)CO2)c(F)c1F. The minimum absolute atomic E-state index is 0.186. The molecule has 0 bridgehead atoms. The molecule has 3 rings (SSSR count). The van der Waals surface area contributed by atoms with Crippen molar-refractivity contribution in [1.29, 1.82) is 0 Å². The highest BCUT2D eigenvalue weighted by Crippen LogP contribution is 2.31. The third kappa shape index (κ3) is 3.52. The predicted octanol–water partition coefficient (Wildman–Crippen LogP) is 4.07. The fraction of sp³-hybridized carbons (Fsp3) is 0.632. The van der Waals surface area contributed by atoms with E-state index in [0.717, 1.165) is 25.9 Å². The zero-order valence-electron chi connectivity index (χ0n) is 14.2. The lowest BCUT2D eigenvalue weighted by Crippen LogP contribution is -2.40. The Kier molecular flexibility index (Phi) is 5.30. The zero-order valence-corrected chi connectivity index (χ0v) is 14.2. The predicted molar refractivity (Wildman–Crippen MR) is 86.0 cm³/mol. The van der Waals surface area contributed by atoms with Gasteiger partial charge in [-0.1, -0.05) is 13.0 Å². The smallest absolute Gasteiger partial charge is 0.194 e. The summed E-state index contributed by atoms with van der Waals surface area (Å²) in [5.41, 5.74) is -0.0263. The van der Waals surface area contributed by atoms with Gasteiger partial charge in [-0.05, 0) is 50.2 Å². The molecule has 4 atom stereocenters. The number of hydrogen-bond acceptors (Lipinski definition) is 3. The number of carbonyl (C=O) groups is 1. The Balaban J connectivity index is 1.60. The Bertz CT molecular complexity index is 601. The summed E-state index contributed by atoms with van der Waals surface area (Å²) in [5, 5.41) is 0. The second-order valence-corrected chi connectivity index (χ2v) is 7.14. The molecule has 0 saturated carbocycles. The highest BCUT2D eigenvalue weighted by Gasteiger charge is 2.35. The molecule has 1 aromatic carbocycles. The van der Waals surface area contributed by atoms with Gasteiger partial charge in [0.1, 0.15) is 6.10 Å². The first-order chi connectivity index (χ1) is 11.5. The highest BCUT2D eigenvalue weighted by atomic mass is 19.2. The number of benzene rings is 1. The van der Waals surface area contributed by atoms with Crippen LogP contribution in [0.5, 0.6) is 0 Å². The zero-order chi connectivity index (χ0) is 17.3. The van der Waals surface area contributed by atoms with Crippen molar-refractivity contribution >= 4 is 5.78 Å². The number of Topliss-reactive ketones (excluding diaryl/α,β-unsaturated/α-hetero) is 1. The van der Waals surface area contributed by atoms with Gasteiger partial charge in [0.2, 0.25) is 0 Å². The van der Waals surface area contributed by atoms with Crippen molar-refractivity contribution in [2.24, 2.45) is 11.8 Å². The lowest BCUT2D eigenvalue weighted by molar-refractivity contribution is -0.0933. The molecule has 0 radical (unpaired) electrons. The molecule has 0 N–H and O–H groups in total. The van der Waals surface area contributed by atoms with E-state index in [1.54, 1.807) is 0 Å². The molecular formula is C19H24F2O3. The molecule has 0 amide bonds. The number of halogens is 2. The third-order valence-electron chi connectivity index (χ3n) is 5.21. The van der Waals surface area contributed by atoms with Crippen molar-refractivity contribution in [2.75, 3.05) is 13.2 Å². The fourth-order valence-electron chi connectivity index (χ4n) is 3.56. The molecule has 0 aliphatic carbocycles. The summed E-state index contributed by atoms with van der Waals surface area (Å²) in [6.45, 7) is 4.86. The van der Waals surface area contributed by atoms with Gasteiger partial charge in [0.25, 0.3) is 0 Å². The largest absolute Gasteiger partial charge is 0.378 e. The monoisotopic (exact) mass is 338 g/mol. The van der Waals surface area contributed by atoms with E-state index in [1.165, 1.54) is 19.1 Å². The molecule has 1 aromatic rings. The summed E-state index contributed by atoms with van der Waals surface area (Å²) in [6, 6.07) is 2.77. The van der Waals surface area contributed by atoms with Gasteiger partial charge in [0.15, 0.2) is 17.4 Å². The van der Waals surface area contributed by atoms with Crippen LogP contribution in [0.3, 0.4) is 0 Å². The van der Waals surface area contributed by atoms with E-state index in [0.29, 0.717) is 18.9 Å². The van der Waals surface area contributed by atoms with Crippen LogP contribution in [-0.2, 0) is 9.47 Å². The summed E-state index contributed by atoms with van der Waals surface area (Å²) < 4.78 is 39.2. The minimum Gasteiger partial charge on any atom is -0.378 e. The van der Waals surface area contributed by atoms with E-state index in [2.05, 4.69) is 6.92 Å². The number of aryl methyl sites for hydroxylation is 1. The van der Waals surface area contributed by atoms with E-state index in [4.69, 9.17) is 9.47 Å². The van der Waals surface area contributed by atoms with Crippen LogP contribution in [0.4, 0.5) is 8.78 Å². The number of ketones is 1. The lowest BCUT2D eigenvalue weighted by Gasteiger charge is -2.36. The Morgan fingerprint density at radius 1 is 1.04 bits per heavy atom. The summed E-state index contributed by atoms with van der Waals surface area (Å²) in [5.74, 6) is -1.63. The van der Waals surface area contributed by atoms with Crippen LogP contribution in [0.1, 0.15) is 48.5 Å². The van der Waals surface area contributed by atoms with Gasteiger partial charge in [0.05, 0.1) is 18.3 Å². The number of ether oxygens (including phenoxy) is 2. The minimum atomic E-state index is -1.07. The highest BCUT2D eigenvalue weighted by molar-refractivity contribution is 5.99. The Hall–Kier alpha value is -1.33. The lowest BCUT2D eigenvalue weighted by atomic mass is 9.86. The van der Waals surface area contributed by atoms with E-state index in [1.807, 2.05) is 0 Å². The second kappa shape index (κ2) is 7.28. The molecule has 24 heavy (non-hydrogen) atoms. The van der Waals surface area contributed by atoms with Gasteiger partial charge in [-0.3, -0.25) is 4.79 Å². The first kappa shape index (κ1) is 17.5. The summed E-state index contributed by atoms with van der Waals surface area (Å²) in [7, 11) is 0. The average molecular weight is 338 g/mol. The van der Waals surface area contributed by atoms with Crippen molar-refractivity contribution in [3.63, 3.8) is 0 Å². The van der Waals surface area contributed by atoms with Crippen molar-refractivity contribution in [3.8, 4) is 0 Å². The molecular weight excluding hydrogens is 314 g/mol. The van der Waals surface area contributed by atoms with Crippen molar-refractivity contribution in [2.45, 2.75) is 51.7 Å². The Morgan fingerprint density at radius 3 is 2.46 bits per heavy atom. The molecule has 0 spiro atoms. The van der Waals surface area contributed by atoms with Crippen molar-refractivity contribution in [3.05, 3.63) is 34.9 Å². The summed E-state index contributed by atoms with van der Waals surface area (Å²) in [4.78, 5) is 12.4. The fourth-order valence-corrected chi connectivity index (χ4v) is 3.56. The number of hydrogen-bond donors (Lipinski definition) is 0. The normalized spacial score (nSPS) is 31.0. The van der Waals surface area contributed by atoms with Gasteiger partial charge in [0, 0.05) is 12.5 Å². The van der Waals surface area contributed by atoms with Crippen LogP contribution in [0.2, 0.25) is 0 Å². The van der Waals surface area contributed by atoms with E-state index in [9.17, 15) is 13.6 Å². The molecule has 2 fully saturated rings. The van der Waals surface area contributed by atoms with Gasteiger partial charge < -0.3 is 9.47 Å². The summed E-state index contributed by atoms with van der Waals surface area (Å²) >= 11 is 0. The maximum atomic E-state index is 14.0. The Labute approximate surface area is 141 Å². The molecule has 2 heterocycles. The van der Waals surface area contributed by atoms with Crippen LogP contribution < -0.4 is 0 Å². The number of carbonyl (C=O) groups excluding carboxylic acids is 1. The second-order valence-electron chi connectivity index (χ2n) is 7.14. The molecule has 2 aliphatic heterocycles. The van der Waals surface area contributed by atoms with E-state index >= 15 is 0 Å². The van der Waals surface area contributed by atoms with Gasteiger partial charge in [-0.25, -0.2) is 8.78 Å². The molecule has 2 saturated heterocycles. The van der Waals surface area contributed by atoms with Crippen LogP contribution in [0.25, 0.3) is 0 Å². The maximum absolute atomic E-state index is 14.0. The molecule has 2 aliphatic rings. The first-order valence-electron chi connectivity index (χ1n) is 8.69. The van der Waals surface area contributed by atoms with Crippen LogP contribution in [0, 0.1) is 30.4 Å². The molecule has 3 nitrogen and oxygen atoms in total.